The summed E-state index contributed by atoms with van der Waals surface area (Å²) in [6, 6.07) is 0. The number of rotatable bonds is 6. The molecule has 0 radical (unpaired) electrons. The molecule has 106 valence electrons. The summed E-state index contributed by atoms with van der Waals surface area (Å²) in [5.74, 6) is 0.480. The molecule has 0 aliphatic heterocycles. The molecule has 2 rings (SSSR count). The SMILES string of the molecule is CC(CCn1nnnc1CC1CCCCC1)C(=O)O. The van der Waals surface area contributed by atoms with Crippen LogP contribution in [0.1, 0.15) is 51.3 Å². The number of carbonyl (C=O) groups is 1. The standard InChI is InChI=1S/C13H22N4O2/c1-10(13(18)19)7-8-17-12(14-15-16-17)9-11-5-3-2-4-6-11/h10-11H,2-9H2,1H3,(H,18,19). The zero-order valence-corrected chi connectivity index (χ0v) is 11.5. The molecule has 0 saturated heterocycles. The Labute approximate surface area is 113 Å². The lowest BCUT2D eigenvalue weighted by Gasteiger charge is -2.20. The molecule has 0 bridgehead atoms. The van der Waals surface area contributed by atoms with Crippen molar-refractivity contribution in [2.24, 2.45) is 11.8 Å². The second-order valence-corrected chi connectivity index (χ2v) is 5.55. The monoisotopic (exact) mass is 266 g/mol. The topological polar surface area (TPSA) is 80.9 Å². The Kier molecular flexibility index (Phi) is 4.87. The van der Waals surface area contributed by atoms with Crippen LogP contribution >= 0.6 is 0 Å². The maximum absolute atomic E-state index is 10.8. The number of aliphatic carboxylic acids is 1. The van der Waals surface area contributed by atoms with Crippen LogP contribution in [-0.4, -0.2) is 31.3 Å². The van der Waals surface area contributed by atoms with Gasteiger partial charge in [0.15, 0.2) is 5.82 Å². The number of tetrazole rings is 1. The molecule has 6 heteroatoms. The Hall–Kier alpha value is -1.46. The molecular formula is C13H22N4O2. The molecule has 6 nitrogen and oxygen atoms in total. The molecule has 1 saturated carbocycles. The van der Waals surface area contributed by atoms with Crippen molar-refractivity contribution in [3.8, 4) is 0 Å². The van der Waals surface area contributed by atoms with Gasteiger partial charge in [0.05, 0.1) is 5.92 Å². The summed E-state index contributed by atoms with van der Waals surface area (Å²) in [6.07, 6.45) is 7.98. The highest BCUT2D eigenvalue weighted by atomic mass is 16.4. The fourth-order valence-corrected chi connectivity index (χ4v) is 2.63. The van der Waals surface area contributed by atoms with E-state index in [4.69, 9.17) is 5.11 Å². The maximum Gasteiger partial charge on any atom is 0.306 e. The second-order valence-electron chi connectivity index (χ2n) is 5.55. The number of nitrogens with zero attached hydrogens (tertiary/aromatic N) is 4. The van der Waals surface area contributed by atoms with E-state index < -0.39 is 5.97 Å². The van der Waals surface area contributed by atoms with E-state index in [2.05, 4.69) is 15.5 Å². The van der Waals surface area contributed by atoms with Crippen LogP contribution in [0.3, 0.4) is 0 Å². The van der Waals surface area contributed by atoms with Crippen LogP contribution in [0.15, 0.2) is 0 Å². The fourth-order valence-electron chi connectivity index (χ4n) is 2.63. The second kappa shape index (κ2) is 6.63. The molecule has 1 aromatic heterocycles. The summed E-state index contributed by atoms with van der Waals surface area (Å²) in [6.45, 7) is 2.30. The van der Waals surface area contributed by atoms with Crippen LogP contribution in [-0.2, 0) is 17.8 Å². The van der Waals surface area contributed by atoms with Gasteiger partial charge in [-0.25, -0.2) is 4.68 Å². The molecule has 0 aromatic carbocycles. The van der Waals surface area contributed by atoms with E-state index in [1.807, 2.05) is 0 Å². The van der Waals surface area contributed by atoms with Gasteiger partial charge in [0, 0.05) is 13.0 Å². The van der Waals surface area contributed by atoms with E-state index in [-0.39, 0.29) is 5.92 Å². The van der Waals surface area contributed by atoms with Gasteiger partial charge >= 0.3 is 5.97 Å². The Morgan fingerprint density at radius 1 is 1.42 bits per heavy atom. The number of hydrogen-bond acceptors (Lipinski definition) is 4. The molecular weight excluding hydrogens is 244 g/mol. The number of hydrogen-bond donors (Lipinski definition) is 1. The highest BCUT2D eigenvalue weighted by molar-refractivity contribution is 5.69. The molecule has 1 aliphatic carbocycles. The summed E-state index contributed by atoms with van der Waals surface area (Å²) in [5, 5.41) is 20.7. The van der Waals surface area contributed by atoms with Gasteiger partial charge in [0.1, 0.15) is 0 Å². The third-order valence-corrected chi connectivity index (χ3v) is 4.00. The van der Waals surface area contributed by atoms with Gasteiger partial charge < -0.3 is 5.11 Å². The minimum atomic E-state index is -0.762. The van der Waals surface area contributed by atoms with Gasteiger partial charge in [-0.05, 0) is 22.8 Å². The molecule has 1 N–H and O–H groups in total. The van der Waals surface area contributed by atoms with Gasteiger partial charge in [-0.1, -0.05) is 39.0 Å². The molecule has 1 aromatic rings. The quantitative estimate of drug-likeness (QED) is 0.850. The van der Waals surface area contributed by atoms with Crippen LogP contribution < -0.4 is 0 Å². The molecule has 1 unspecified atom stereocenters. The molecule has 0 spiro atoms. The number of aryl methyl sites for hydroxylation is 1. The fraction of sp³-hybridized carbons (Fsp3) is 0.846. The predicted molar refractivity (Wildman–Crippen MR) is 69.5 cm³/mol. The lowest BCUT2D eigenvalue weighted by atomic mass is 9.87. The first kappa shape index (κ1) is 14.0. The third kappa shape index (κ3) is 4.01. The molecule has 19 heavy (non-hydrogen) atoms. The van der Waals surface area contributed by atoms with Crippen molar-refractivity contribution in [2.45, 2.75) is 58.4 Å². The smallest absolute Gasteiger partial charge is 0.306 e. The summed E-state index contributed by atoms with van der Waals surface area (Å²) in [7, 11) is 0. The Morgan fingerprint density at radius 2 is 2.16 bits per heavy atom. The average molecular weight is 266 g/mol. The van der Waals surface area contributed by atoms with Crippen molar-refractivity contribution in [1.82, 2.24) is 20.2 Å². The zero-order chi connectivity index (χ0) is 13.7. The van der Waals surface area contributed by atoms with Crippen molar-refractivity contribution in [3.05, 3.63) is 5.82 Å². The summed E-state index contributed by atoms with van der Waals surface area (Å²) in [5.41, 5.74) is 0. The van der Waals surface area contributed by atoms with Crippen LogP contribution in [0.2, 0.25) is 0 Å². The lowest BCUT2D eigenvalue weighted by molar-refractivity contribution is -0.141. The van der Waals surface area contributed by atoms with E-state index in [1.165, 1.54) is 32.1 Å². The minimum Gasteiger partial charge on any atom is -0.481 e. The molecule has 0 amide bonds. The largest absolute Gasteiger partial charge is 0.481 e. The van der Waals surface area contributed by atoms with Crippen LogP contribution in [0.4, 0.5) is 0 Å². The average Bonchev–Trinajstić information content (AvgIpc) is 2.84. The van der Waals surface area contributed by atoms with Gasteiger partial charge in [-0.15, -0.1) is 5.10 Å². The molecule has 1 fully saturated rings. The lowest BCUT2D eigenvalue weighted by Crippen LogP contribution is -2.17. The Balaban J connectivity index is 1.88. The third-order valence-electron chi connectivity index (χ3n) is 4.00. The highest BCUT2D eigenvalue weighted by Gasteiger charge is 2.18. The van der Waals surface area contributed by atoms with Crippen molar-refractivity contribution >= 4 is 5.97 Å². The first-order valence-corrected chi connectivity index (χ1v) is 7.14. The number of carboxylic acid groups (broad SMARTS) is 1. The van der Waals surface area contributed by atoms with Crippen LogP contribution in [0.5, 0.6) is 0 Å². The van der Waals surface area contributed by atoms with Gasteiger partial charge in [-0.2, -0.15) is 0 Å². The Bertz CT molecular complexity index is 413. The maximum atomic E-state index is 10.8. The van der Waals surface area contributed by atoms with Gasteiger partial charge in [0.2, 0.25) is 0 Å². The zero-order valence-electron chi connectivity index (χ0n) is 11.5. The van der Waals surface area contributed by atoms with Crippen molar-refractivity contribution < 1.29 is 9.90 Å². The van der Waals surface area contributed by atoms with Gasteiger partial charge in [-0.3, -0.25) is 4.79 Å². The minimum absolute atomic E-state index is 0.355. The Morgan fingerprint density at radius 3 is 2.84 bits per heavy atom. The number of carboxylic acids is 1. The van der Waals surface area contributed by atoms with Crippen LogP contribution in [0, 0.1) is 11.8 Å². The highest BCUT2D eigenvalue weighted by Crippen LogP contribution is 2.26. The van der Waals surface area contributed by atoms with E-state index in [1.54, 1.807) is 11.6 Å². The van der Waals surface area contributed by atoms with E-state index in [9.17, 15) is 4.79 Å². The predicted octanol–water partition coefficient (Wildman–Crippen LogP) is 1.91. The summed E-state index contributed by atoms with van der Waals surface area (Å²) < 4.78 is 1.77. The van der Waals surface area contributed by atoms with E-state index >= 15 is 0 Å². The first-order valence-electron chi connectivity index (χ1n) is 7.14. The van der Waals surface area contributed by atoms with Crippen molar-refractivity contribution in [2.75, 3.05) is 0 Å². The van der Waals surface area contributed by atoms with Crippen molar-refractivity contribution in [3.63, 3.8) is 0 Å². The normalized spacial score (nSPS) is 18.4. The van der Waals surface area contributed by atoms with E-state index in [0.29, 0.717) is 18.9 Å². The summed E-state index contributed by atoms with van der Waals surface area (Å²) in [4.78, 5) is 10.8. The first-order chi connectivity index (χ1) is 9.16. The van der Waals surface area contributed by atoms with Gasteiger partial charge in [0.25, 0.3) is 0 Å². The van der Waals surface area contributed by atoms with Crippen molar-refractivity contribution in [1.29, 1.82) is 0 Å². The molecule has 1 heterocycles. The van der Waals surface area contributed by atoms with E-state index in [0.717, 1.165) is 12.2 Å². The molecule has 1 aliphatic rings. The van der Waals surface area contributed by atoms with Crippen LogP contribution in [0.25, 0.3) is 0 Å². The summed E-state index contributed by atoms with van der Waals surface area (Å²) >= 11 is 0. The number of aromatic nitrogens is 4. The molecule has 1 atom stereocenters.